The second kappa shape index (κ2) is 8.09. The minimum atomic E-state index is 0.304. The molecular weight excluding hydrogens is 162 g/mol. The molecule has 78 valence electrons. The van der Waals surface area contributed by atoms with E-state index in [1.165, 1.54) is 19.3 Å². The highest BCUT2D eigenvalue weighted by molar-refractivity contribution is 5.75. The first kappa shape index (κ1) is 12.5. The van der Waals surface area contributed by atoms with Crippen LogP contribution in [0.1, 0.15) is 52.4 Å². The third-order valence-electron chi connectivity index (χ3n) is 2.23. The van der Waals surface area contributed by atoms with Gasteiger partial charge in [0.15, 0.2) is 0 Å². The molecule has 0 saturated heterocycles. The van der Waals surface area contributed by atoms with Crippen molar-refractivity contribution in [1.29, 1.82) is 0 Å². The van der Waals surface area contributed by atoms with E-state index >= 15 is 0 Å². The summed E-state index contributed by atoms with van der Waals surface area (Å²) in [7, 11) is 1.89. The minimum Gasteiger partial charge on any atom is -0.346 e. The van der Waals surface area contributed by atoms with E-state index in [1.54, 1.807) is 0 Å². The van der Waals surface area contributed by atoms with Gasteiger partial charge < -0.3 is 4.90 Å². The van der Waals surface area contributed by atoms with Crippen molar-refractivity contribution in [2.24, 2.45) is 0 Å². The highest BCUT2D eigenvalue weighted by Crippen LogP contribution is 2.04. The predicted octanol–water partition coefficient (Wildman–Crippen LogP) is 2.83. The molecular formula is C11H23NO. The van der Waals surface area contributed by atoms with Gasteiger partial charge in [0.25, 0.3) is 0 Å². The molecule has 0 bridgehead atoms. The van der Waals surface area contributed by atoms with E-state index in [-0.39, 0.29) is 0 Å². The van der Waals surface area contributed by atoms with Crippen molar-refractivity contribution in [2.45, 2.75) is 52.4 Å². The Balaban J connectivity index is 3.38. The van der Waals surface area contributed by atoms with Crippen LogP contribution in [0.15, 0.2) is 0 Å². The molecule has 13 heavy (non-hydrogen) atoms. The summed E-state index contributed by atoms with van der Waals surface area (Å²) in [5.41, 5.74) is 0. The molecule has 0 saturated carbocycles. The number of nitrogens with zero attached hydrogens (tertiary/aromatic N) is 1. The lowest BCUT2D eigenvalue weighted by atomic mass is 10.1. The Morgan fingerprint density at radius 2 is 1.77 bits per heavy atom. The second-order valence-electron chi connectivity index (χ2n) is 3.63. The summed E-state index contributed by atoms with van der Waals surface area (Å²) in [5, 5.41) is 0. The molecule has 0 aromatic heterocycles. The van der Waals surface area contributed by atoms with Gasteiger partial charge in [-0.3, -0.25) is 4.79 Å². The third-order valence-corrected chi connectivity index (χ3v) is 2.23. The van der Waals surface area contributed by atoms with Crippen LogP contribution in [-0.4, -0.2) is 24.4 Å². The van der Waals surface area contributed by atoms with Gasteiger partial charge in [-0.2, -0.15) is 0 Å². The zero-order valence-electron chi connectivity index (χ0n) is 9.31. The van der Waals surface area contributed by atoms with Crippen LogP contribution in [0.3, 0.4) is 0 Å². The van der Waals surface area contributed by atoms with Crippen LogP contribution in [0.4, 0.5) is 0 Å². The van der Waals surface area contributed by atoms with Crippen LogP contribution in [-0.2, 0) is 4.79 Å². The van der Waals surface area contributed by atoms with E-state index in [0.717, 1.165) is 25.8 Å². The molecule has 2 nitrogen and oxygen atoms in total. The first-order chi connectivity index (χ1) is 6.22. The molecule has 0 spiro atoms. The smallest absolute Gasteiger partial charge is 0.222 e. The molecule has 0 aliphatic carbocycles. The molecule has 2 heteroatoms. The highest BCUT2D eigenvalue weighted by atomic mass is 16.2. The average molecular weight is 185 g/mol. The topological polar surface area (TPSA) is 20.3 Å². The maximum absolute atomic E-state index is 11.4. The predicted molar refractivity (Wildman–Crippen MR) is 56.7 cm³/mol. The summed E-state index contributed by atoms with van der Waals surface area (Å²) in [4.78, 5) is 13.3. The molecule has 0 fully saturated rings. The highest BCUT2D eigenvalue weighted by Gasteiger charge is 2.05. The minimum absolute atomic E-state index is 0.304. The Bertz CT molecular complexity index is 134. The first-order valence-corrected chi connectivity index (χ1v) is 5.46. The zero-order valence-corrected chi connectivity index (χ0v) is 9.31. The van der Waals surface area contributed by atoms with Gasteiger partial charge in [0.1, 0.15) is 0 Å². The van der Waals surface area contributed by atoms with E-state index in [2.05, 4.69) is 13.8 Å². The first-order valence-electron chi connectivity index (χ1n) is 5.46. The Labute approximate surface area is 82.3 Å². The van der Waals surface area contributed by atoms with Crippen molar-refractivity contribution in [3.8, 4) is 0 Å². The third kappa shape index (κ3) is 6.62. The van der Waals surface area contributed by atoms with E-state index < -0.39 is 0 Å². The van der Waals surface area contributed by atoms with Crippen molar-refractivity contribution in [3.63, 3.8) is 0 Å². The lowest BCUT2D eigenvalue weighted by Gasteiger charge is -2.15. The SMILES string of the molecule is CCCCCCC(=O)N(C)CCC. The van der Waals surface area contributed by atoms with Gasteiger partial charge >= 0.3 is 0 Å². The number of amides is 1. The molecule has 0 N–H and O–H groups in total. The summed E-state index contributed by atoms with van der Waals surface area (Å²) in [6.07, 6.45) is 6.53. The van der Waals surface area contributed by atoms with E-state index in [1.807, 2.05) is 11.9 Å². The maximum Gasteiger partial charge on any atom is 0.222 e. The zero-order chi connectivity index (χ0) is 10.1. The van der Waals surface area contributed by atoms with Crippen molar-refractivity contribution in [3.05, 3.63) is 0 Å². The fraction of sp³-hybridized carbons (Fsp3) is 0.909. The van der Waals surface area contributed by atoms with Gasteiger partial charge in [-0.1, -0.05) is 33.1 Å². The standard InChI is InChI=1S/C11H23NO/c1-4-6-7-8-9-11(13)12(3)10-5-2/h4-10H2,1-3H3. The van der Waals surface area contributed by atoms with Crippen molar-refractivity contribution < 1.29 is 4.79 Å². The molecule has 0 atom stereocenters. The molecule has 0 unspecified atom stereocenters. The molecule has 0 heterocycles. The number of hydrogen-bond donors (Lipinski definition) is 0. The maximum atomic E-state index is 11.4. The lowest BCUT2D eigenvalue weighted by Crippen LogP contribution is -2.26. The van der Waals surface area contributed by atoms with Crippen LogP contribution in [0, 0.1) is 0 Å². The monoisotopic (exact) mass is 185 g/mol. The Morgan fingerprint density at radius 3 is 2.31 bits per heavy atom. The summed E-state index contributed by atoms with van der Waals surface area (Å²) in [6, 6.07) is 0. The summed E-state index contributed by atoms with van der Waals surface area (Å²) in [6.45, 7) is 5.18. The average Bonchev–Trinajstić information content (AvgIpc) is 2.12. The van der Waals surface area contributed by atoms with Gasteiger partial charge in [-0.25, -0.2) is 0 Å². The van der Waals surface area contributed by atoms with Crippen LogP contribution in [0.5, 0.6) is 0 Å². The molecule has 0 radical (unpaired) electrons. The van der Waals surface area contributed by atoms with Crippen LogP contribution >= 0.6 is 0 Å². The Kier molecular flexibility index (Phi) is 7.76. The summed E-state index contributed by atoms with van der Waals surface area (Å²) in [5.74, 6) is 0.304. The van der Waals surface area contributed by atoms with Crippen molar-refractivity contribution in [2.75, 3.05) is 13.6 Å². The number of unbranched alkanes of at least 4 members (excludes halogenated alkanes) is 3. The van der Waals surface area contributed by atoms with E-state index in [0.29, 0.717) is 5.91 Å². The molecule has 0 aromatic rings. The van der Waals surface area contributed by atoms with Gasteiger partial charge in [0.2, 0.25) is 5.91 Å². The van der Waals surface area contributed by atoms with E-state index in [4.69, 9.17) is 0 Å². The van der Waals surface area contributed by atoms with Crippen LogP contribution < -0.4 is 0 Å². The fourth-order valence-corrected chi connectivity index (χ4v) is 1.35. The lowest BCUT2D eigenvalue weighted by molar-refractivity contribution is -0.130. The Hall–Kier alpha value is -0.530. The molecule has 0 aliphatic heterocycles. The molecule has 1 amide bonds. The van der Waals surface area contributed by atoms with Crippen LogP contribution in [0.2, 0.25) is 0 Å². The number of carbonyl (C=O) groups excluding carboxylic acids is 1. The summed E-state index contributed by atoms with van der Waals surface area (Å²) < 4.78 is 0. The number of hydrogen-bond acceptors (Lipinski definition) is 1. The largest absolute Gasteiger partial charge is 0.346 e. The Morgan fingerprint density at radius 1 is 1.08 bits per heavy atom. The quantitative estimate of drug-likeness (QED) is 0.558. The summed E-state index contributed by atoms with van der Waals surface area (Å²) >= 11 is 0. The van der Waals surface area contributed by atoms with Crippen molar-refractivity contribution in [1.82, 2.24) is 4.90 Å². The molecule has 0 aliphatic rings. The van der Waals surface area contributed by atoms with Crippen molar-refractivity contribution >= 4 is 5.91 Å². The van der Waals surface area contributed by atoms with Crippen LogP contribution in [0.25, 0.3) is 0 Å². The van der Waals surface area contributed by atoms with Gasteiger partial charge in [0, 0.05) is 20.0 Å². The van der Waals surface area contributed by atoms with Gasteiger partial charge in [-0.15, -0.1) is 0 Å². The fourth-order valence-electron chi connectivity index (χ4n) is 1.35. The number of carbonyl (C=O) groups is 1. The van der Waals surface area contributed by atoms with Gasteiger partial charge in [0.05, 0.1) is 0 Å². The van der Waals surface area contributed by atoms with E-state index in [9.17, 15) is 4.79 Å². The number of rotatable bonds is 7. The van der Waals surface area contributed by atoms with Gasteiger partial charge in [-0.05, 0) is 12.8 Å². The second-order valence-corrected chi connectivity index (χ2v) is 3.63. The molecule has 0 aromatic carbocycles. The molecule has 0 rings (SSSR count). The normalized spacial score (nSPS) is 10.1.